The van der Waals surface area contributed by atoms with Gasteiger partial charge in [0.15, 0.2) is 11.5 Å². The van der Waals surface area contributed by atoms with Crippen LogP contribution < -0.4 is 14.8 Å². The van der Waals surface area contributed by atoms with Crippen LogP contribution in [0.25, 0.3) is 0 Å². The van der Waals surface area contributed by atoms with Crippen molar-refractivity contribution < 1.29 is 9.47 Å². The van der Waals surface area contributed by atoms with Crippen LogP contribution >= 0.6 is 23.2 Å². The molecular weight excluding hydrogens is 299 g/mol. The number of pyridine rings is 1. The Kier molecular flexibility index (Phi) is 4.93. The van der Waals surface area contributed by atoms with Crippen molar-refractivity contribution >= 4 is 28.9 Å². The molecule has 2 rings (SSSR count). The number of nitrogens with zero attached hydrogens (tertiary/aromatic N) is 1. The first kappa shape index (κ1) is 14.8. The van der Waals surface area contributed by atoms with E-state index in [2.05, 4.69) is 10.3 Å². The number of nitrogens with one attached hydrogen (secondary N) is 1. The molecule has 1 heterocycles. The Labute approximate surface area is 127 Å². The summed E-state index contributed by atoms with van der Waals surface area (Å²) in [6.45, 7) is 0.505. The second-order valence-corrected chi connectivity index (χ2v) is 4.77. The molecule has 0 saturated carbocycles. The van der Waals surface area contributed by atoms with Gasteiger partial charge in [0.05, 0.1) is 36.1 Å². The minimum atomic E-state index is 0.505. The minimum Gasteiger partial charge on any atom is -0.493 e. The Balaban J connectivity index is 2.20. The van der Waals surface area contributed by atoms with Crippen LogP contribution in [0.2, 0.25) is 10.0 Å². The summed E-state index contributed by atoms with van der Waals surface area (Å²) < 4.78 is 10.5. The molecule has 0 fully saturated rings. The van der Waals surface area contributed by atoms with Crippen molar-refractivity contribution in [2.24, 2.45) is 0 Å². The third-order valence-corrected chi connectivity index (χ3v) is 3.55. The van der Waals surface area contributed by atoms with Gasteiger partial charge in [-0.25, -0.2) is 0 Å². The van der Waals surface area contributed by atoms with Crippen LogP contribution in [0.4, 0.5) is 5.69 Å². The first-order chi connectivity index (χ1) is 9.67. The number of halogens is 2. The van der Waals surface area contributed by atoms with Gasteiger partial charge in [-0.1, -0.05) is 29.3 Å². The molecule has 106 valence electrons. The van der Waals surface area contributed by atoms with Gasteiger partial charge in [0.2, 0.25) is 0 Å². The van der Waals surface area contributed by atoms with Crippen molar-refractivity contribution in [2.75, 3.05) is 19.5 Å². The van der Waals surface area contributed by atoms with Gasteiger partial charge in [0.25, 0.3) is 0 Å². The van der Waals surface area contributed by atoms with E-state index in [1.165, 1.54) is 0 Å². The molecule has 1 N–H and O–H groups in total. The summed E-state index contributed by atoms with van der Waals surface area (Å²) in [6.07, 6.45) is 3.30. The van der Waals surface area contributed by atoms with Crippen molar-refractivity contribution in [3.8, 4) is 11.5 Å². The fraction of sp³-hybridized carbons (Fsp3) is 0.214. The van der Waals surface area contributed by atoms with Gasteiger partial charge < -0.3 is 14.8 Å². The summed E-state index contributed by atoms with van der Waals surface area (Å²) in [6, 6.07) is 5.41. The molecule has 0 atom stereocenters. The van der Waals surface area contributed by atoms with Crippen LogP contribution in [0.1, 0.15) is 5.56 Å². The van der Waals surface area contributed by atoms with Crippen molar-refractivity contribution in [1.29, 1.82) is 0 Å². The molecule has 0 bridgehead atoms. The summed E-state index contributed by atoms with van der Waals surface area (Å²) in [4.78, 5) is 4.02. The lowest BCUT2D eigenvalue weighted by Gasteiger charge is -2.14. The highest BCUT2D eigenvalue weighted by Crippen LogP contribution is 2.37. The summed E-state index contributed by atoms with van der Waals surface area (Å²) in [5.41, 5.74) is 1.63. The lowest BCUT2D eigenvalue weighted by molar-refractivity contribution is 0.355. The maximum absolute atomic E-state index is 6.31. The third-order valence-electron chi connectivity index (χ3n) is 2.80. The lowest BCUT2D eigenvalue weighted by Crippen LogP contribution is -2.02. The van der Waals surface area contributed by atoms with Crippen LogP contribution in [-0.4, -0.2) is 19.2 Å². The number of benzene rings is 1. The molecule has 0 radical (unpaired) electrons. The Hall–Kier alpha value is -1.65. The largest absolute Gasteiger partial charge is 0.493 e. The molecule has 0 aliphatic carbocycles. The maximum Gasteiger partial charge on any atom is 0.179 e. The molecular formula is C14H14Cl2N2O2. The first-order valence-corrected chi connectivity index (χ1v) is 6.65. The lowest BCUT2D eigenvalue weighted by atomic mass is 10.2. The van der Waals surface area contributed by atoms with Crippen molar-refractivity contribution in [1.82, 2.24) is 4.98 Å². The van der Waals surface area contributed by atoms with Crippen LogP contribution in [0.3, 0.4) is 0 Å². The minimum absolute atomic E-state index is 0.505. The van der Waals surface area contributed by atoms with E-state index < -0.39 is 0 Å². The monoisotopic (exact) mass is 312 g/mol. The average molecular weight is 313 g/mol. The molecule has 0 amide bonds. The van der Waals surface area contributed by atoms with Gasteiger partial charge in [-0.2, -0.15) is 0 Å². The smallest absolute Gasteiger partial charge is 0.179 e. The summed E-state index contributed by atoms with van der Waals surface area (Å²) in [5.74, 6) is 1.12. The number of aromatic nitrogens is 1. The zero-order valence-corrected chi connectivity index (χ0v) is 12.6. The maximum atomic E-state index is 6.31. The van der Waals surface area contributed by atoms with E-state index in [0.29, 0.717) is 28.1 Å². The van der Waals surface area contributed by atoms with E-state index >= 15 is 0 Å². The molecule has 0 aliphatic heterocycles. The number of hydrogen-bond donors (Lipinski definition) is 1. The van der Waals surface area contributed by atoms with Gasteiger partial charge in [0.1, 0.15) is 0 Å². The van der Waals surface area contributed by atoms with E-state index in [0.717, 1.165) is 11.3 Å². The highest BCUT2D eigenvalue weighted by molar-refractivity contribution is 6.33. The molecule has 0 aliphatic rings. The van der Waals surface area contributed by atoms with Gasteiger partial charge >= 0.3 is 0 Å². The van der Waals surface area contributed by atoms with Crippen molar-refractivity contribution in [2.45, 2.75) is 6.54 Å². The number of anilines is 1. The zero-order chi connectivity index (χ0) is 14.5. The molecule has 2 aromatic rings. The average Bonchev–Trinajstić information content (AvgIpc) is 2.47. The van der Waals surface area contributed by atoms with E-state index in [9.17, 15) is 0 Å². The number of rotatable bonds is 5. The van der Waals surface area contributed by atoms with E-state index in [4.69, 9.17) is 32.7 Å². The molecule has 4 nitrogen and oxygen atoms in total. The number of hydrogen-bond acceptors (Lipinski definition) is 4. The Bertz CT molecular complexity index is 606. The first-order valence-electron chi connectivity index (χ1n) is 5.90. The predicted octanol–water partition coefficient (Wildman–Crippen LogP) is 4.02. The van der Waals surface area contributed by atoms with Gasteiger partial charge in [-0.05, 0) is 17.7 Å². The Morgan fingerprint density at radius 2 is 1.95 bits per heavy atom. The van der Waals surface area contributed by atoms with Crippen molar-refractivity contribution in [3.05, 3.63) is 46.2 Å². The topological polar surface area (TPSA) is 43.4 Å². The van der Waals surface area contributed by atoms with Crippen molar-refractivity contribution in [3.63, 3.8) is 0 Å². The fourth-order valence-electron chi connectivity index (χ4n) is 1.76. The second-order valence-electron chi connectivity index (χ2n) is 3.98. The molecule has 0 saturated heterocycles. The van der Waals surface area contributed by atoms with Crippen LogP contribution in [0, 0.1) is 0 Å². The van der Waals surface area contributed by atoms with E-state index in [-0.39, 0.29) is 0 Å². The molecule has 6 heteroatoms. The highest BCUT2D eigenvalue weighted by atomic mass is 35.5. The molecule has 1 aromatic heterocycles. The summed E-state index contributed by atoms with van der Waals surface area (Å²) in [5, 5.41) is 4.30. The number of methoxy groups -OCH3 is 2. The van der Waals surface area contributed by atoms with Crippen LogP contribution in [0.5, 0.6) is 11.5 Å². The Morgan fingerprint density at radius 3 is 2.60 bits per heavy atom. The van der Waals surface area contributed by atoms with E-state index in [1.54, 1.807) is 32.7 Å². The highest BCUT2D eigenvalue weighted by Gasteiger charge is 2.13. The zero-order valence-electron chi connectivity index (χ0n) is 11.1. The fourth-order valence-corrected chi connectivity index (χ4v) is 2.24. The molecule has 20 heavy (non-hydrogen) atoms. The van der Waals surface area contributed by atoms with Crippen LogP contribution in [-0.2, 0) is 6.54 Å². The predicted molar refractivity (Wildman–Crippen MR) is 81.1 cm³/mol. The quantitative estimate of drug-likeness (QED) is 0.905. The van der Waals surface area contributed by atoms with Gasteiger partial charge in [-0.15, -0.1) is 0 Å². The van der Waals surface area contributed by atoms with E-state index in [1.807, 2.05) is 12.1 Å². The summed E-state index contributed by atoms with van der Waals surface area (Å²) in [7, 11) is 3.13. The molecule has 1 aromatic carbocycles. The normalized spacial score (nSPS) is 10.2. The third kappa shape index (κ3) is 3.08. The second kappa shape index (κ2) is 6.68. The molecule has 0 spiro atoms. The summed E-state index contributed by atoms with van der Waals surface area (Å²) >= 11 is 12.4. The molecule has 0 unspecified atom stereocenters. The van der Waals surface area contributed by atoms with Crippen LogP contribution in [0.15, 0.2) is 30.6 Å². The Morgan fingerprint density at radius 1 is 1.15 bits per heavy atom. The van der Waals surface area contributed by atoms with Gasteiger partial charge in [0, 0.05) is 12.7 Å². The number of ether oxygens (including phenoxy) is 2. The van der Waals surface area contributed by atoms with Gasteiger partial charge in [-0.3, -0.25) is 4.98 Å². The SMILES string of the molecule is COc1ccc(CNc2cnccc2Cl)c(Cl)c1OC. The standard InChI is InChI=1S/C14H14Cl2N2O2/c1-19-12-4-3-9(13(16)14(12)20-2)7-18-11-8-17-6-5-10(11)15/h3-6,8,18H,7H2,1-2H3.